The maximum Gasteiger partial charge on any atom is 0.317 e. The molecule has 0 aromatic heterocycles. The average molecular weight is 285 g/mol. The van der Waals surface area contributed by atoms with Gasteiger partial charge in [-0.05, 0) is 32.6 Å². The van der Waals surface area contributed by atoms with E-state index in [1.807, 2.05) is 0 Å². The number of rotatable bonds is 5. The van der Waals surface area contributed by atoms with E-state index in [0.717, 1.165) is 12.8 Å². The molecule has 20 heavy (non-hydrogen) atoms. The van der Waals surface area contributed by atoms with Gasteiger partial charge in [0.1, 0.15) is 0 Å². The molecule has 1 heterocycles. The van der Waals surface area contributed by atoms with Crippen molar-refractivity contribution in [2.24, 2.45) is 17.6 Å². The fourth-order valence-electron chi connectivity index (χ4n) is 2.25. The van der Waals surface area contributed by atoms with Crippen molar-refractivity contribution in [2.45, 2.75) is 39.2 Å². The number of carboxylic acid groups (broad SMARTS) is 1. The fraction of sp³-hybridized carbons (Fsp3) is 0.769. The van der Waals surface area contributed by atoms with E-state index < -0.39 is 17.9 Å². The van der Waals surface area contributed by atoms with Gasteiger partial charge in [0.2, 0.25) is 5.91 Å². The zero-order valence-corrected chi connectivity index (χ0v) is 12.0. The lowest BCUT2D eigenvalue weighted by atomic mass is 9.93. The lowest BCUT2D eigenvalue weighted by molar-refractivity contribution is -0.141. The molecule has 1 fully saturated rings. The van der Waals surface area contributed by atoms with Crippen LogP contribution in [0.3, 0.4) is 0 Å². The third-order valence-corrected chi connectivity index (χ3v) is 3.88. The molecule has 1 aliphatic rings. The van der Waals surface area contributed by atoms with E-state index in [-0.39, 0.29) is 17.9 Å². The molecular formula is C13H23N3O4. The molecule has 1 aliphatic heterocycles. The van der Waals surface area contributed by atoms with Gasteiger partial charge >= 0.3 is 12.0 Å². The Balaban J connectivity index is 2.39. The van der Waals surface area contributed by atoms with Gasteiger partial charge in [-0.1, -0.05) is 0 Å². The number of likely N-dealkylation sites (tertiary alicyclic amines) is 1. The second kappa shape index (κ2) is 7.12. The van der Waals surface area contributed by atoms with Crippen molar-refractivity contribution in [1.29, 1.82) is 0 Å². The summed E-state index contributed by atoms with van der Waals surface area (Å²) in [5, 5.41) is 11.6. The van der Waals surface area contributed by atoms with Crippen molar-refractivity contribution in [3.8, 4) is 0 Å². The molecule has 0 spiro atoms. The Morgan fingerprint density at radius 2 is 1.85 bits per heavy atom. The summed E-state index contributed by atoms with van der Waals surface area (Å²) in [5.41, 5.74) is 5.16. The molecule has 2 unspecified atom stereocenters. The third-order valence-electron chi connectivity index (χ3n) is 3.88. The van der Waals surface area contributed by atoms with Crippen LogP contribution in [0.5, 0.6) is 0 Å². The Labute approximate surface area is 118 Å². The Kier molecular flexibility index (Phi) is 5.79. The highest BCUT2D eigenvalue weighted by molar-refractivity contribution is 5.77. The van der Waals surface area contributed by atoms with Crippen LogP contribution in [-0.2, 0) is 9.59 Å². The molecule has 1 saturated heterocycles. The number of urea groups is 1. The average Bonchev–Trinajstić information content (AvgIpc) is 2.37. The lowest BCUT2D eigenvalue weighted by Crippen LogP contribution is -2.49. The monoisotopic (exact) mass is 285 g/mol. The topological polar surface area (TPSA) is 113 Å². The van der Waals surface area contributed by atoms with Gasteiger partial charge in [-0.25, -0.2) is 4.79 Å². The first kappa shape index (κ1) is 16.3. The number of carbonyl (C=O) groups excluding carboxylic acids is 2. The minimum absolute atomic E-state index is 0.243. The largest absolute Gasteiger partial charge is 0.481 e. The number of aliphatic carboxylic acids is 1. The molecule has 0 aromatic carbocycles. The molecule has 0 saturated carbocycles. The minimum atomic E-state index is -0.932. The van der Waals surface area contributed by atoms with Crippen LogP contribution >= 0.6 is 0 Å². The summed E-state index contributed by atoms with van der Waals surface area (Å²) < 4.78 is 0. The first-order chi connectivity index (χ1) is 9.31. The number of nitrogens with zero attached hydrogens (tertiary/aromatic N) is 1. The fourth-order valence-corrected chi connectivity index (χ4v) is 2.25. The van der Waals surface area contributed by atoms with Crippen molar-refractivity contribution >= 4 is 17.9 Å². The number of hydrogen-bond acceptors (Lipinski definition) is 3. The highest BCUT2D eigenvalue weighted by Crippen LogP contribution is 2.20. The maximum atomic E-state index is 12.0. The molecule has 1 rings (SSSR count). The Morgan fingerprint density at radius 3 is 2.30 bits per heavy atom. The predicted octanol–water partition coefficient (Wildman–Crippen LogP) is 0.393. The summed E-state index contributed by atoms with van der Waals surface area (Å²) in [6.45, 7) is 4.37. The number of nitrogens with one attached hydrogen (secondary N) is 1. The molecule has 2 atom stereocenters. The van der Waals surface area contributed by atoms with Crippen molar-refractivity contribution in [3.63, 3.8) is 0 Å². The van der Waals surface area contributed by atoms with E-state index in [1.165, 1.54) is 0 Å². The number of carboxylic acids is 1. The number of nitrogens with two attached hydrogens (primary N) is 1. The molecule has 0 radical (unpaired) electrons. The van der Waals surface area contributed by atoms with E-state index in [1.54, 1.807) is 18.7 Å². The van der Waals surface area contributed by atoms with Crippen molar-refractivity contribution in [3.05, 3.63) is 0 Å². The van der Waals surface area contributed by atoms with Crippen LogP contribution in [-0.4, -0.2) is 47.0 Å². The van der Waals surface area contributed by atoms with Gasteiger partial charge < -0.3 is 21.1 Å². The SMILES string of the molecule is CC(NC(=O)N1CCC(CC(N)=O)CC1)C(C)C(=O)O. The van der Waals surface area contributed by atoms with Gasteiger partial charge in [0, 0.05) is 25.6 Å². The van der Waals surface area contributed by atoms with Gasteiger partial charge in [-0.2, -0.15) is 0 Å². The summed E-state index contributed by atoms with van der Waals surface area (Å²) in [5.74, 6) is -1.63. The normalized spacial score (nSPS) is 19.2. The predicted molar refractivity (Wildman–Crippen MR) is 72.9 cm³/mol. The summed E-state index contributed by atoms with van der Waals surface area (Å²) in [6, 6.07) is -0.675. The molecular weight excluding hydrogens is 262 g/mol. The van der Waals surface area contributed by atoms with Crippen LogP contribution in [0, 0.1) is 11.8 Å². The molecule has 7 heteroatoms. The molecule has 0 aliphatic carbocycles. The Hall–Kier alpha value is -1.79. The van der Waals surface area contributed by atoms with Crippen LogP contribution in [0.15, 0.2) is 0 Å². The van der Waals surface area contributed by atoms with Gasteiger partial charge in [0.05, 0.1) is 5.92 Å². The van der Waals surface area contributed by atoms with E-state index in [0.29, 0.717) is 19.5 Å². The Bertz CT molecular complexity index is 378. The smallest absolute Gasteiger partial charge is 0.317 e. The molecule has 0 aromatic rings. The van der Waals surface area contributed by atoms with Crippen LogP contribution < -0.4 is 11.1 Å². The van der Waals surface area contributed by atoms with Crippen LogP contribution in [0.25, 0.3) is 0 Å². The van der Waals surface area contributed by atoms with Crippen LogP contribution in [0.2, 0.25) is 0 Å². The second-order valence-electron chi connectivity index (χ2n) is 5.47. The number of carbonyl (C=O) groups is 3. The first-order valence-electron chi connectivity index (χ1n) is 6.87. The maximum absolute atomic E-state index is 12.0. The summed E-state index contributed by atoms with van der Waals surface area (Å²) in [7, 11) is 0. The van der Waals surface area contributed by atoms with Gasteiger partial charge in [0.25, 0.3) is 0 Å². The number of primary amides is 1. The standard InChI is InChI=1S/C13H23N3O4/c1-8(12(18)19)9(2)15-13(20)16-5-3-10(4-6-16)7-11(14)17/h8-10H,3-7H2,1-2H3,(H2,14,17)(H,15,20)(H,18,19). The van der Waals surface area contributed by atoms with Gasteiger partial charge in [-0.15, -0.1) is 0 Å². The zero-order valence-electron chi connectivity index (χ0n) is 12.0. The molecule has 0 bridgehead atoms. The van der Waals surface area contributed by atoms with E-state index >= 15 is 0 Å². The first-order valence-corrected chi connectivity index (χ1v) is 6.87. The van der Waals surface area contributed by atoms with Gasteiger partial charge in [0.15, 0.2) is 0 Å². The molecule has 4 N–H and O–H groups in total. The summed E-state index contributed by atoms with van der Waals surface area (Å²) >= 11 is 0. The second-order valence-corrected chi connectivity index (χ2v) is 5.47. The van der Waals surface area contributed by atoms with Crippen LogP contribution in [0.1, 0.15) is 33.1 Å². The Morgan fingerprint density at radius 1 is 1.30 bits per heavy atom. The molecule has 3 amide bonds. The third kappa shape index (κ3) is 4.71. The minimum Gasteiger partial charge on any atom is -0.481 e. The highest BCUT2D eigenvalue weighted by atomic mass is 16.4. The van der Waals surface area contributed by atoms with E-state index in [4.69, 9.17) is 10.8 Å². The van der Waals surface area contributed by atoms with Gasteiger partial charge in [-0.3, -0.25) is 9.59 Å². The lowest BCUT2D eigenvalue weighted by Gasteiger charge is -2.32. The van der Waals surface area contributed by atoms with Crippen molar-refractivity contribution in [2.75, 3.05) is 13.1 Å². The highest BCUT2D eigenvalue weighted by Gasteiger charge is 2.27. The van der Waals surface area contributed by atoms with E-state index in [9.17, 15) is 14.4 Å². The number of piperidine rings is 1. The molecule has 7 nitrogen and oxygen atoms in total. The van der Waals surface area contributed by atoms with Crippen LogP contribution in [0.4, 0.5) is 4.79 Å². The number of hydrogen-bond donors (Lipinski definition) is 3. The zero-order chi connectivity index (χ0) is 15.3. The number of amides is 3. The van der Waals surface area contributed by atoms with Crippen molar-refractivity contribution < 1.29 is 19.5 Å². The van der Waals surface area contributed by atoms with Crippen molar-refractivity contribution in [1.82, 2.24) is 10.2 Å². The van der Waals surface area contributed by atoms with E-state index in [2.05, 4.69) is 5.32 Å². The molecule has 114 valence electrons. The quantitative estimate of drug-likeness (QED) is 0.678. The summed E-state index contributed by atoms with van der Waals surface area (Å²) in [6.07, 6.45) is 1.86. The summed E-state index contributed by atoms with van der Waals surface area (Å²) in [4.78, 5) is 35.3.